The monoisotopic (exact) mass is 455 g/mol. The van der Waals surface area contributed by atoms with Crippen LogP contribution in [0.3, 0.4) is 0 Å². The van der Waals surface area contributed by atoms with Gasteiger partial charge in [0.2, 0.25) is 0 Å². The molecular formula is C18H22BrN3O4S. The van der Waals surface area contributed by atoms with Crippen molar-refractivity contribution in [2.75, 3.05) is 19.0 Å². The number of aromatic nitrogens is 1. The van der Waals surface area contributed by atoms with Gasteiger partial charge in [0.1, 0.15) is 11.6 Å². The molecule has 0 bridgehead atoms. The van der Waals surface area contributed by atoms with Crippen molar-refractivity contribution >= 4 is 44.4 Å². The lowest BCUT2D eigenvalue weighted by Crippen LogP contribution is -2.48. The molecule has 27 heavy (non-hydrogen) atoms. The van der Waals surface area contributed by atoms with Gasteiger partial charge in [0.15, 0.2) is 5.13 Å². The highest BCUT2D eigenvalue weighted by atomic mass is 79.9. The summed E-state index contributed by atoms with van der Waals surface area (Å²) in [7, 11) is 1.45. The lowest BCUT2D eigenvalue weighted by molar-refractivity contribution is -0.119. The van der Waals surface area contributed by atoms with Crippen LogP contribution in [0.25, 0.3) is 11.3 Å². The van der Waals surface area contributed by atoms with Gasteiger partial charge in [-0.05, 0) is 32.9 Å². The van der Waals surface area contributed by atoms with Gasteiger partial charge in [-0.2, -0.15) is 0 Å². The zero-order valence-corrected chi connectivity index (χ0v) is 17.9. The van der Waals surface area contributed by atoms with Crippen LogP contribution in [0.5, 0.6) is 0 Å². The van der Waals surface area contributed by atoms with Crippen molar-refractivity contribution in [3.05, 3.63) is 34.1 Å². The molecule has 0 radical (unpaired) electrons. The number of hydrogen-bond donors (Lipinski definition) is 2. The van der Waals surface area contributed by atoms with Crippen molar-refractivity contribution in [3.8, 4) is 11.3 Å². The second-order valence-corrected chi connectivity index (χ2v) is 8.47. The van der Waals surface area contributed by atoms with Crippen LogP contribution in [0.2, 0.25) is 0 Å². The summed E-state index contributed by atoms with van der Waals surface area (Å²) in [6.45, 7) is 5.25. The molecule has 1 atom stereocenters. The van der Waals surface area contributed by atoms with Crippen LogP contribution in [-0.4, -0.2) is 42.3 Å². The molecule has 0 aliphatic carbocycles. The first-order valence-electron chi connectivity index (χ1n) is 8.19. The molecule has 0 spiro atoms. The molecule has 0 saturated heterocycles. The molecule has 9 heteroatoms. The Morgan fingerprint density at radius 3 is 2.70 bits per heavy atom. The van der Waals surface area contributed by atoms with Gasteiger partial charge < -0.3 is 20.1 Å². The number of amides is 2. The minimum Gasteiger partial charge on any atom is -0.444 e. The maximum absolute atomic E-state index is 12.5. The summed E-state index contributed by atoms with van der Waals surface area (Å²) in [4.78, 5) is 28.9. The summed E-state index contributed by atoms with van der Waals surface area (Å²) in [6.07, 6.45) is -0.686. The summed E-state index contributed by atoms with van der Waals surface area (Å²) in [5.41, 5.74) is 1.02. The Morgan fingerprint density at radius 2 is 2.07 bits per heavy atom. The number of carbonyl (C=O) groups excluding carboxylic acids is 2. The van der Waals surface area contributed by atoms with E-state index in [0.717, 1.165) is 15.7 Å². The predicted molar refractivity (Wildman–Crippen MR) is 109 cm³/mol. The molecule has 0 saturated carbocycles. The average molecular weight is 456 g/mol. The molecule has 2 amide bonds. The Kier molecular flexibility index (Phi) is 7.34. The van der Waals surface area contributed by atoms with Gasteiger partial charge in [-0.3, -0.25) is 4.79 Å². The van der Waals surface area contributed by atoms with E-state index >= 15 is 0 Å². The summed E-state index contributed by atoms with van der Waals surface area (Å²) in [5, 5.41) is 7.50. The van der Waals surface area contributed by atoms with Crippen LogP contribution < -0.4 is 10.6 Å². The zero-order valence-electron chi connectivity index (χ0n) is 15.5. The van der Waals surface area contributed by atoms with E-state index < -0.39 is 23.6 Å². The third-order valence-electron chi connectivity index (χ3n) is 3.20. The van der Waals surface area contributed by atoms with Gasteiger partial charge in [0, 0.05) is 22.5 Å². The van der Waals surface area contributed by atoms with Gasteiger partial charge >= 0.3 is 6.09 Å². The Bertz CT molecular complexity index is 804. The van der Waals surface area contributed by atoms with E-state index in [1.807, 2.05) is 29.6 Å². The third kappa shape index (κ3) is 6.93. The highest BCUT2D eigenvalue weighted by Crippen LogP contribution is 2.26. The lowest BCUT2D eigenvalue weighted by atomic mass is 10.2. The first-order valence-corrected chi connectivity index (χ1v) is 9.86. The van der Waals surface area contributed by atoms with E-state index in [-0.39, 0.29) is 6.61 Å². The number of ether oxygens (including phenoxy) is 2. The Balaban J connectivity index is 2.04. The van der Waals surface area contributed by atoms with E-state index in [9.17, 15) is 9.59 Å². The van der Waals surface area contributed by atoms with E-state index in [2.05, 4.69) is 31.5 Å². The molecule has 1 aromatic carbocycles. The minimum absolute atomic E-state index is 0.00887. The van der Waals surface area contributed by atoms with Crippen molar-refractivity contribution in [2.45, 2.75) is 32.4 Å². The number of anilines is 1. The van der Waals surface area contributed by atoms with Crippen LogP contribution in [0.1, 0.15) is 20.8 Å². The summed E-state index contributed by atoms with van der Waals surface area (Å²) in [6, 6.07) is 6.82. The third-order valence-corrected chi connectivity index (χ3v) is 4.45. The molecule has 146 valence electrons. The Labute approximate surface area is 170 Å². The molecule has 2 aromatic rings. The summed E-state index contributed by atoms with van der Waals surface area (Å²) >= 11 is 4.73. The second kappa shape index (κ2) is 9.29. The summed E-state index contributed by atoms with van der Waals surface area (Å²) < 4.78 is 11.2. The van der Waals surface area contributed by atoms with Gasteiger partial charge in [-0.1, -0.05) is 28.1 Å². The molecular weight excluding hydrogens is 434 g/mol. The van der Waals surface area contributed by atoms with Gasteiger partial charge in [-0.15, -0.1) is 11.3 Å². The van der Waals surface area contributed by atoms with Gasteiger partial charge in [-0.25, -0.2) is 9.78 Å². The van der Waals surface area contributed by atoms with E-state index in [0.29, 0.717) is 5.13 Å². The first-order chi connectivity index (χ1) is 12.7. The van der Waals surface area contributed by atoms with Crippen LogP contribution in [0.15, 0.2) is 34.1 Å². The average Bonchev–Trinajstić information content (AvgIpc) is 3.01. The molecule has 7 nitrogen and oxygen atoms in total. The fourth-order valence-electron chi connectivity index (χ4n) is 2.10. The number of nitrogens with zero attached hydrogens (tertiary/aromatic N) is 1. The molecule has 2 rings (SSSR count). The zero-order chi connectivity index (χ0) is 20.0. The van der Waals surface area contributed by atoms with Crippen LogP contribution in [-0.2, 0) is 14.3 Å². The second-order valence-electron chi connectivity index (χ2n) is 6.69. The van der Waals surface area contributed by atoms with E-state index in [4.69, 9.17) is 9.47 Å². The molecule has 0 unspecified atom stereocenters. The summed E-state index contributed by atoms with van der Waals surface area (Å²) in [5.74, 6) is -0.433. The number of methoxy groups -OCH3 is 1. The van der Waals surface area contributed by atoms with Crippen molar-refractivity contribution in [2.24, 2.45) is 0 Å². The SMILES string of the molecule is COC[C@H](NC(=O)OC(C)(C)C)C(=O)Nc1nc(-c2cccc(Br)c2)cs1. The number of halogens is 1. The highest BCUT2D eigenvalue weighted by molar-refractivity contribution is 9.10. The largest absolute Gasteiger partial charge is 0.444 e. The van der Waals surface area contributed by atoms with E-state index in [1.165, 1.54) is 18.4 Å². The number of benzene rings is 1. The normalized spacial score (nSPS) is 12.3. The number of nitrogens with one attached hydrogen (secondary N) is 2. The van der Waals surface area contributed by atoms with E-state index in [1.54, 1.807) is 20.8 Å². The fourth-order valence-corrected chi connectivity index (χ4v) is 3.23. The molecule has 0 aliphatic heterocycles. The van der Waals surface area contributed by atoms with Crippen LogP contribution in [0, 0.1) is 0 Å². The van der Waals surface area contributed by atoms with Gasteiger partial charge in [0.05, 0.1) is 12.3 Å². The maximum atomic E-state index is 12.5. The minimum atomic E-state index is -0.900. The number of hydrogen-bond acceptors (Lipinski definition) is 6. The van der Waals surface area contributed by atoms with Crippen molar-refractivity contribution in [3.63, 3.8) is 0 Å². The predicted octanol–water partition coefficient (Wildman–Crippen LogP) is 4.05. The number of alkyl carbamates (subject to hydrolysis) is 1. The quantitative estimate of drug-likeness (QED) is 0.685. The topological polar surface area (TPSA) is 89.5 Å². The fraction of sp³-hybridized carbons (Fsp3) is 0.389. The van der Waals surface area contributed by atoms with Gasteiger partial charge in [0.25, 0.3) is 5.91 Å². The van der Waals surface area contributed by atoms with Crippen LogP contribution in [0.4, 0.5) is 9.93 Å². The number of thiazole rings is 1. The van der Waals surface area contributed by atoms with Crippen LogP contribution >= 0.6 is 27.3 Å². The number of carbonyl (C=O) groups is 2. The van der Waals surface area contributed by atoms with Crippen molar-refractivity contribution in [1.29, 1.82) is 0 Å². The molecule has 1 aromatic heterocycles. The molecule has 0 aliphatic rings. The first kappa shape index (κ1) is 21.3. The lowest BCUT2D eigenvalue weighted by Gasteiger charge is -2.22. The van der Waals surface area contributed by atoms with Crippen molar-refractivity contribution < 1.29 is 19.1 Å². The molecule has 0 fully saturated rings. The Hall–Kier alpha value is -1.97. The smallest absolute Gasteiger partial charge is 0.408 e. The van der Waals surface area contributed by atoms with Crippen molar-refractivity contribution in [1.82, 2.24) is 10.3 Å². The molecule has 1 heterocycles. The Morgan fingerprint density at radius 1 is 1.33 bits per heavy atom. The highest BCUT2D eigenvalue weighted by Gasteiger charge is 2.25. The molecule has 2 N–H and O–H groups in total. The maximum Gasteiger partial charge on any atom is 0.408 e. The standard InChI is InChI=1S/C18H22BrN3O4S/c1-18(2,3)26-17(24)21-13(9-25-4)15(23)22-16-20-14(10-27-16)11-6-5-7-12(19)8-11/h5-8,10,13H,9H2,1-4H3,(H,21,24)(H,20,22,23)/t13-/m0/s1. The number of rotatable bonds is 6.